The Hall–Kier alpha value is -0.710. The lowest BCUT2D eigenvalue weighted by atomic mass is 10.2. The largest absolute Gasteiger partial charge is 0.395 e. The predicted octanol–water partition coefficient (Wildman–Crippen LogP) is 2.18. The van der Waals surface area contributed by atoms with E-state index in [1.807, 2.05) is 6.92 Å². The molecule has 0 aromatic carbocycles. The number of aliphatic hydroxyl groups excluding tert-OH is 1. The Morgan fingerprint density at radius 3 is 2.72 bits per heavy atom. The van der Waals surface area contributed by atoms with Gasteiger partial charge in [-0.05, 0) is 25.8 Å². The maximum atomic E-state index is 9.18. The van der Waals surface area contributed by atoms with Gasteiger partial charge in [-0.3, -0.25) is 4.90 Å². The van der Waals surface area contributed by atoms with Gasteiger partial charge in [0.15, 0.2) is 0 Å². The molecule has 100 valence electrons. The summed E-state index contributed by atoms with van der Waals surface area (Å²) in [5.41, 5.74) is 0.889. The number of aryl methyl sites for hydroxylation is 1. The molecule has 1 fully saturated rings. The Morgan fingerprint density at radius 2 is 2.11 bits per heavy atom. The van der Waals surface area contributed by atoms with Crippen molar-refractivity contribution in [2.45, 2.75) is 45.2 Å². The molecule has 0 bridgehead atoms. The first-order chi connectivity index (χ1) is 8.69. The molecule has 1 N–H and O–H groups in total. The van der Waals surface area contributed by atoms with Crippen molar-refractivity contribution in [1.82, 2.24) is 14.9 Å². The van der Waals surface area contributed by atoms with Crippen LogP contribution in [0.1, 0.15) is 37.2 Å². The van der Waals surface area contributed by atoms with Gasteiger partial charge in [-0.2, -0.15) is 0 Å². The zero-order valence-electron chi connectivity index (χ0n) is 10.8. The molecule has 1 aliphatic rings. The lowest BCUT2D eigenvalue weighted by Gasteiger charge is -2.27. The summed E-state index contributed by atoms with van der Waals surface area (Å²) >= 11 is 5.95. The summed E-state index contributed by atoms with van der Waals surface area (Å²) in [5, 5.41) is 9.67. The van der Waals surface area contributed by atoms with Gasteiger partial charge in [-0.25, -0.2) is 9.97 Å². The molecule has 0 amide bonds. The third kappa shape index (κ3) is 3.64. The van der Waals surface area contributed by atoms with Crippen LogP contribution in [0, 0.1) is 6.92 Å². The van der Waals surface area contributed by atoms with Crippen LogP contribution in [0.5, 0.6) is 0 Å². The van der Waals surface area contributed by atoms with E-state index in [0.717, 1.165) is 11.5 Å². The molecule has 1 heterocycles. The first-order valence-electron chi connectivity index (χ1n) is 6.54. The molecule has 18 heavy (non-hydrogen) atoms. The van der Waals surface area contributed by atoms with Crippen LogP contribution in [0.25, 0.3) is 0 Å². The Kier molecular flexibility index (Phi) is 4.92. The maximum Gasteiger partial charge on any atom is 0.144 e. The quantitative estimate of drug-likeness (QED) is 0.833. The van der Waals surface area contributed by atoms with Crippen molar-refractivity contribution < 1.29 is 5.11 Å². The third-order valence-corrected chi connectivity index (χ3v) is 3.64. The average Bonchev–Trinajstić information content (AvgIpc) is 2.80. The topological polar surface area (TPSA) is 49.2 Å². The molecule has 0 spiro atoms. The summed E-state index contributed by atoms with van der Waals surface area (Å²) in [4.78, 5) is 10.9. The Bertz CT molecular complexity index is 374. The Labute approximate surface area is 113 Å². The number of aliphatic hydroxyl groups is 1. The van der Waals surface area contributed by atoms with E-state index in [1.54, 1.807) is 6.07 Å². The fraction of sp³-hybridized carbons (Fsp3) is 0.692. The number of halogens is 1. The molecular formula is C13H20ClN3O. The molecule has 0 radical (unpaired) electrons. The summed E-state index contributed by atoms with van der Waals surface area (Å²) in [6.07, 6.45) is 4.98. The van der Waals surface area contributed by atoms with Gasteiger partial charge < -0.3 is 5.11 Å². The molecule has 1 aromatic heterocycles. The van der Waals surface area contributed by atoms with Crippen LogP contribution in [0.3, 0.4) is 0 Å². The summed E-state index contributed by atoms with van der Waals surface area (Å²) in [6.45, 7) is 3.45. The fourth-order valence-corrected chi connectivity index (χ4v) is 2.89. The summed E-state index contributed by atoms with van der Waals surface area (Å²) in [6, 6.07) is 2.32. The van der Waals surface area contributed by atoms with Gasteiger partial charge in [-0.1, -0.05) is 24.4 Å². The highest BCUT2D eigenvalue weighted by molar-refractivity contribution is 6.29. The molecular weight excluding hydrogens is 250 g/mol. The van der Waals surface area contributed by atoms with E-state index in [2.05, 4.69) is 14.9 Å². The van der Waals surface area contributed by atoms with Crippen LogP contribution in [0.15, 0.2) is 6.07 Å². The number of rotatable bonds is 5. The molecule has 0 saturated heterocycles. The van der Waals surface area contributed by atoms with Crippen LogP contribution in [-0.4, -0.2) is 39.2 Å². The number of nitrogens with zero attached hydrogens (tertiary/aromatic N) is 3. The van der Waals surface area contributed by atoms with Crippen molar-refractivity contribution in [2.24, 2.45) is 0 Å². The first kappa shape index (κ1) is 13.7. The standard InChI is InChI=1S/C13H20ClN3O/c1-10-8-12(14)16-13(15-10)9-17(6-7-18)11-4-2-3-5-11/h8,11,18H,2-7,9H2,1H3. The van der Waals surface area contributed by atoms with E-state index in [9.17, 15) is 5.11 Å². The molecule has 0 aliphatic heterocycles. The molecule has 0 unspecified atom stereocenters. The zero-order valence-corrected chi connectivity index (χ0v) is 11.5. The van der Waals surface area contributed by atoms with Crippen LogP contribution < -0.4 is 0 Å². The molecule has 1 saturated carbocycles. The second-order valence-electron chi connectivity index (χ2n) is 4.88. The van der Waals surface area contributed by atoms with Crippen LogP contribution >= 0.6 is 11.6 Å². The van der Waals surface area contributed by atoms with Gasteiger partial charge in [0.1, 0.15) is 11.0 Å². The minimum Gasteiger partial charge on any atom is -0.395 e. The second kappa shape index (κ2) is 6.45. The minimum absolute atomic E-state index is 0.177. The van der Waals surface area contributed by atoms with E-state index < -0.39 is 0 Å². The van der Waals surface area contributed by atoms with Crippen molar-refractivity contribution in [1.29, 1.82) is 0 Å². The fourth-order valence-electron chi connectivity index (χ4n) is 2.63. The second-order valence-corrected chi connectivity index (χ2v) is 5.27. The van der Waals surface area contributed by atoms with Crippen molar-refractivity contribution in [3.05, 3.63) is 22.7 Å². The van der Waals surface area contributed by atoms with Crippen molar-refractivity contribution in [3.63, 3.8) is 0 Å². The van der Waals surface area contributed by atoms with E-state index in [1.165, 1.54) is 25.7 Å². The lowest BCUT2D eigenvalue weighted by Crippen LogP contribution is -2.35. The van der Waals surface area contributed by atoms with Crippen molar-refractivity contribution in [3.8, 4) is 0 Å². The zero-order chi connectivity index (χ0) is 13.0. The Morgan fingerprint density at radius 1 is 1.39 bits per heavy atom. The highest BCUT2D eigenvalue weighted by atomic mass is 35.5. The highest BCUT2D eigenvalue weighted by Gasteiger charge is 2.23. The lowest BCUT2D eigenvalue weighted by molar-refractivity contribution is 0.141. The first-order valence-corrected chi connectivity index (χ1v) is 6.92. The van der Waals surface area contributed by atoms with Crippen LogP contribution in [0.4, 0.5) is 0 Å². The van der Waals surface area contributed by atoms with Crippen molar-refractivity contribution in [2.75, 3.05) is 13.2 Å². The number of hydrogen-bond donors (Lipinski definition) is 1. The molecule has 1 aliphatic carbocycles. The highest BCUT2D eigenvalue weighted by Crippen LogP contribution is 2.24. The maximum absolute atomic E-state index is 9.18. The van der Waals surface area contributed by atoms with Crippen molar-refractivity contribution >= 4 is 11.6 Å². The molecule has 5 heteroatoms. The van der Waals surface area contributed by atoms with Crippen LogP contribution in [-0.2, 0) is 6.54 Å². The van der Waals surface area contributed by atoms with Gasteiger partial charge in [0.05, 0.1) is 13.2 Å². The third-order valence-electron chi connectivity index (χ3n) is 3.44. The number of aromatic nitrogens is 2. The van der Waals surface area contributed by atoms with Gasteiger partial charge in [0, 0.05) is 18.3 Å². The monoisotopic (exact) mass is 269 g/mol. The van der Waals surface area contributed by atoms with Gasteiger partial charge in [0.2, 0.25) is 0 Å². The molecule has 1 aromatic rings. The Balaban J connectivity index is 2.07. The minimum atomic E-state index is 0.177. The van der Waals surface area contributed by atoms with E-state index in [4.69, 9.17) is 11.6 Å². The smallest absolute Gasteiger partial charge is 0.144 e. The number of hydrogen-bond acceptors (Lipinski definition) is 4. The van der Waals surface area contributed by atoms with Gasteiger partial charge in [0.25, 0.3) is 0 Å². The molecule has 0 atom stereocenters. The van der Waals surface area contributed by atoms with E-state index in [0.29, 0.717) is 24.3 Å². The normalized spacial score (nSPS) is 16.7. The average molecular weight is 270 g/mol. The van der Waals surface area contributed by atoms with Gasteiger partial charge in [-0.15, -0.1) is 0 Å². The predicted molar refractivity (Wildman–Crippen MR) is 71.5 cm³/mol. The van der Waals surface area contributed by atoms with Gasteiger partial charge >= 0.3 is 0 Å². The summed E-state index contributed by atoms with van der Waals surface area (Å²) < 4.78 is 0. The van der Waals surface area contributed by atoms with E-state index in [-0.39, 0.29) is 6.61 Å². The summed E-state index contributed by atoms with van der Waals surface area (Å²) in [5.74, 6) is 0.750. The SMILES string of the molecule is Cc1cc(Cl)nc(CN(CCO)C2CCCC2)n1. The summed E-state index contributed by atoms with van der Waals surface area (Å²) in [7, 11) is 0. The molecule has 2 rings (SSSR count). The van der Waals surface area contributed by atoms with E-state index >= 15 is 0 Å². The molecule has 4 nitrogen and oxygen atoms in total. The van der Waals surface area contributed by atoms with Crippen LogP contribution in [0.2, 0.25) is 5.15 Å².